The molecule has 1 aromatic carbocycles. The number of carbonyl (C=O) groups is 2. The molecule has 0 saturated carbocycles. The van der Waals surface area contributed by atoms with Crippen LogP contribution in [0, 0.1) is 37.8 Å². The van der Waals surface area contributed by atoms with E-state index in [-0.39, 0.29) is 5.91 Å². The Balaban J connectivity index is 1.30. The third kappa shape index (κ3) is 4.83. The van der Waals surface area contributed by atoms with Gasteiger partial charge in [0, 0.05) is 56.4 Å². The average molecular weight is 487 g/mol. The minimum absolute atomic E-state index is 0.0602. The molecule has 2 amide bonds. The highest BCUT2D eigenvalue weighted by Crippen LogP contribution is 2.32. The van der Waals surface area contributed by atoms with Gasteiger partial charge in [0.15, 0.2) is 6.20 Å². The summed E-state index contributed by atoms with van der Waals surface area (Å²) >= 11 is 6.18. The van der Waals surface area contributed by atoms with E-state index < -0.39 is 6.09 Å². The van der Waals surface area contributed by atoms with E-state index in [1.165, 1.54) is 11.1 Å². The highest BCUT2D eigenvalue weighted by Gasteiger charge is 2.42. The van der Waals surface area contributed by atoms with Gasteiger partial charge in [-0.25, -0.2) is 4.79 Å². The number of nitrogens with zero attached hydrogens (tertiary/aromatic N) is 4. The molecular formula is C25H31ClN4O4. The summed E-state index contributed by atoms with van der Waals surface area (Å²) in [6.07, 6.45) is 1.17. The third-order valence-electron chi connectivity index (χ3n) is 7.16. The van der Waals surface area contributed by atoms with E-state index in [0.29, 0.717) is 59.9 Å². The van der Waals surface area contributed by atoms with Crippen molar-refractivity contribution in [2.45, 2.75) is 27.2 Å². The van der Waals surface area contributed by atoms with Gasteiger partial charge in [-0.3, -0.25) is 9.69 Å². The van der Waals surface area contributed by atoms with Crippen LogP contribution in [0.25, 0.3) is 0 Å². The number of halogens is 1. The second kappa shape index (κ2) is 9.80. The van der Waals surface area contributed by atoms with Gasteiger partial charge in [-0.1, -0.05) is 17.7 Å². The molecule has 0 bridgehead atoms. The molecule has 2 aliphatic rings. The Bertz CT molecular complexity index is 1090. The standard InChI is InChI=1S/C25H31ClN4O4/c1-16-5-6-21(11-22(16)26)29(25(32)33)9-4-8-27-12-19-14-28(15-20(19)13-27)24(31)23-17(2)7-10-30(34)18(23)3/h5-7,10-11,19-20H,4,8-9,12-15H2,1-3H3,(H,32,33). The van der Waals surface area contributed by atoms with E-state index >= 15 is 0 Å². The van der Waals surface area contributed by atoms with Crippen LogP contribution in [0.3, 0.4) is 0 Å². The number of anilines is 1. The lowest BCUT2D eigenvalue weighted by Crippen LogP contribution is -2.38. The van der Waals surface area contributed by atoms with E-state index in [9.17, 15) is 19.9 Å². The topological polar surface area (TPSA) is 91.0 Å². The largest absolute Gasteiger partial charge is 0.618 e. The number of rotatable bonds is 6. The molecule has 2 fully saturated rings. The molecule has 34 heavy (non-hydrogen) atoms. The minimum atomic E-state index is -0.988. The molecular weight excluding hydrogens is 456 g/mol. The zero-order valence-electron chi connectivity index (χ0n) is 19.8. The van der Waals surface area contributed by atoms with Crippen molar-refractivity contribution in [1.29, 1.82) is 0 Å². The smallest absolute Gasteiger partial charge is 0.411 e. The Morgan fingerprint density at radius 2 is 1.79 bits per heavy atom. The fourth-order valence-electron chi connectivity index (χ4n) is 5.23. The third-order valence-corrected chi connectivity index (χ3v) is 7.57. The molecule has 8 nitrogen and oxygen atoms in total. The van der Waals surface area contributed by atoms with Gasteiger partial charge in [0.25, 0.3) is 5.91 Å². The Morgan fingerprint density at radius 1 is 1.12 bits per heavy atom. The number of benzene rings is 1. The molecule has 2 atom stereocenters. The Morgan fingerprint density at radius 3 is 2.41 bits per heavy atom. The van der Waals surface area contributed by atoms with Crippen molar-refractivity contribution in [2.24, 2.45) is 11.8 Å². The molecule has 2 saturated heterocycles. The van der Waals surface area contributed by atoms with Crippen LogP contribution in [0.4, 0.5) is 10.5 Å². The Hall–Kier alpha value is -2.84. The average Bonchev–Trinajstić information content (AvgIpc) is 3.35. The molecule has 2 aliphatic heterocycles. The van der Waals surface area contributed by atoms with Crippen molar-refractivity contribution in [2.75, 3.05) is 44.2 Å². The van der Waals surface area contributed by atoms with Crippen molar-refractivity contribution in [1.82, 2.24) is 9.80 Å². The zero-order valence-corrected chi connectivity index (χ0v) is 20.6. The van der Waals surface area contributed by atoms with Crippen LogP contribution in [0.15, 0.2) is 30.5 Å². The summed E-state index contributed by atoms with van der Waals surface area (Å²) in [6.45, 7) is 9.81. The highest BCUT2D eigenvalue weighted by atomic mass is 35.5. The van der Waals surface area contributed by atoms with E-state index in [0.717, 1.165) is 35.5 Å². The number of carboxylic acid groups (broad SMARTS) is 1. The molecule has 2 unspecified atom stereocenters. The summed E-state index contributed by atoms with van der Waals surface area (Å²) in [4.78, 5) is 30.5. The van der Waals surface area contributed by atoms with Crippen molar-refractivity contribution >= 4 is 29.3 Å². The van der Waals surface area contributed by atoms with Crippen molar-refractivity contribution < 1.29 is 19.4 Å². The first kappa shape index (κ1) is 24.3. The van der Waals surface area contributed by atoms with Crippen LogP contribution in [0.2, 0.25) is 5.02 Å². The SMILES string of the molecule is Cc1ccc(N(CCCN2CC3CN(C(=O)c4c(C)cc[n+]([O-])c4C)CC3C2)C(=O)O)cc1Cl. The molecule has 3 heterocycles. The van der Waals surface area contributed by atoms with Crippen molar-refractivity contribution in [3.05, 3.63) is 63.1 Å². The molecule has 0 radical (unpaired) electrons. The predicted octanol–water partition coefficient (Wildman–Crippen LogP) is 3.48. The van der Waals surface area contributed by atoms with E-state index in [4.69, 9.17) is 11.6 Å². The molecule has 182 valence electrons. The number of carbonyl (C=O) groups excluding carboxylic acids is 1. The highest BCUT2D eigenvalue weighted by molar-refractivity contribution is 6.31. The molecule has 1 aromatic heterocycles. The predicted molar refractivity (Wildman–Crippen MR) is 130 cm³/mol. The van der Waals surface area contributed by atoms with Gasteiger partial charge >= 0.3 is 6.09 Å². The van der Waals surface area contributed by atoms with Crippen LogP contribution in [0.1, 0.15) is 33.6 Å². The number of aromatic nitrogens is 1. The maximum atomic E-state index is 13.1. The lowest BCUT2D eigenvalue weighted by Gasteiger charge is -2.24. The number of likely N-dealkylation sites (tertiary alicyclic amines) is 2. The van der Waals surface area contributed by atoms with E-state index in [2.05, 4.69) is 4.90 Å². The fraction of sp³-hybridized carbons (Fsp3) is 0.480. The van der Waals surface area contributed by atoms with Crippen molar-refractivity contribution in [3.8, 4) is 0 Å². The zero-order chi connectivity index (χ0) is 24.6. The minimum Gasteiger partial charge on any atom is -0.618 e. The molecule has 2 aromatic rings. The van der Waals surface area contributed by atoms with Crippen LogP contribution in [-0.2, 0) is 0 Å². The number of fused-ring (bicyclic) bond motifs is 1. The lowest BCUT2D eigenvalue weighted by molar-refractivity contribution is -0.612. The fourth-order valence-corrected chi connectivity index (χ4v) is 5.40. The molecule has 0 spiro atoms. The van der Waals surface area contributed by atoms with Crippen LogP contribution in [-0.4, -0.2) is 66.2 Å². The number of aryl methyl sites for hydroxylation is 2. The molecule has 9 heteroatoms. The van der Waals surface area contributed by atoms with E-state index in [1.807, 2.05) is 24.8 Å². The van der Waals surface area contributed by atoms with Crippen LogP contribution >= 0.6 is 11.6 Å². The van der Waals surface area contributed by atoms with Crippen LogP contribution in [0.5, 0.6) is 0 Å². The maximum Gasteiger partial charge on any atom is 0.411 e. The summed E-state index contributed by atoms with van der Waals surface area (Å²) < 4.78 is 0.754. The van der Waals surface area contributed by atoms with Crippen molar-refractivity contribution in [3.63, 3.8) is 0 Å². The second-order valence-corrected chi connectivity index (χ2v) is 9.90. The number of pyridine rings is 1. The quantitative estimate of drug-likeness (QED) is 0.498. The number of amides is 2. The first-order valence-electron chi connectivity index (χ1n) is 11.6. The van der Waals surface area contributed by atoms with Gasteiger partial charge in [0.05, 0.1) is 0 Å². The van der Waals surface area contributed by atoms with E-state index in [1.54, 1.807) is 25.1 Å². The summed E-state index contributed by atoms with van der Waals surface area (Å²) in [5.74, 6) is 0.744. The van der Waals surface area contributed by atoms with Gasteiger partial charge in [0.2, 0.25) is 5.69 Å². The first-order valence-corrected chi connectivity index (χ1v) is 12.0. The molecule has 1 N–H and O–H groups in total. The van der Waals surface area contributed by atoms with Gasteiger partial charge in [-0.15, -0.1) is 0 Å². The second-order valence-electron chi connectivity index (χ2n) is 9.50. The molecule has 0 aliphatic carbocycles. The number of hydrogen-bond acceptors (Lipinski definition) is 4. The summed E-state index contributed by atoms with van der Waals surface area (Å²) in [5.41, 5.74) is 3.28. The van der Waals surface area contributed by atoms with Crippen LogP contribution < -0.4 is 9.63 Å². The Kier molecular flexibility index (Phi) is 7.00. The van der Waals surface area contributed by atoms with Gasteiger partial charge < -0.3 is 20.1 Å². The summed E-state index contributed by atoms with van der Waals surface area (Å²) in [5, 5.41) is 22.2. The summed E-state index contributed by atoms with van der Waals surface area (Å²) in [7, 11) is 0. The number of hydrogen-bond donors (Lipinski definition) is 1. The Labute approximate surface area is 204 Å². The van der Waals surface area contributed by atoms with Gasteiger partial charge in [-0.2, -0.15) is 4.73 Å². The first-order chi connectivity index (χ1) is 16.2. The normalized spacial score (nSPS) is 19.9. The summed E-state index contributed by atoms with van der Waals surface area (Å²) in [6, 6.07) is 7.00. The monoisotopic (exact) mass is 486 g/mol. The maximum absolute atomic E-state index is 13.1. The lowest BCUT2D eigenvalue weighted by atomic mass is 10.0. The van der Waals surface area contributed by atoms with Gasteiger partial charge in [-0.05, 0) is 61.9 Å². The van der Waals surface area contributed by atoms with Gasteiger partial charge in [0.1, 0.15) is 5.56 Å². The molecule has 4 rings (SSSR count).